The Balaban J connectivity index is 1.28. The molecule has 9 rings (SSSR count). The molecule has 0 N–H and O–H groups in total. The summed E-state index contributed by atoms with van der Waals surface area (Å²) in [5.41, 5.74) is 8.65. The average Bonchev–Trinajstić information content (AvgIpc) is 3.43. The summed E-state index contributed by atoms with van der Waals surface area (Å²) < 4.78 is 2.42. The second kappa shape index (κ2) is 9.44. The highest BCUT2D eigenvalue weighted by atomic mass is 15.0. The van der Waals surface area contributed by atoms with Crippen molar-refractivity contribution in [2.24, 2.45) is 0 Å². The van der Waals surface area contributed by atoms with Gasteiger partial charge in [-0.05, 0) is 79.5 Å². The molecule has 0 aliphatic heterocycles. The number of hydrogen-bond donors (Lipinski definition) is 0. The third-order valence-corrected chi connectivity index (χ3v) is 8.96. The molecule has 0 atom stereocenters. The van der Waals surface area contributed by atoms with Crippen LogP contribution in [-0.2, 0) is 0 Å². The summed E-state index contributed by atoms with van der Waals surface area (Å²) >= 11 is 0. The van der Waals surface area contributed by atoms with Crippen LogP contribution in [0.15, 0.2) is 164 Å². The molecular weight excluding hydrogens is 518 g/mol. The van der Waals surface area contributed by atoms with E-state index in [1.54, 1.807) is 0 Å². The summed E-state index contributed by atoms with van der Waals surface area (Å²) in [6.45, 7) is 0. The second-order valence-corrected chi connectivity index (χ2v) is 11.3. The SMILES string of the molecule is c1ccc(-n2c3ccccc3c3cc(-c4ccc(-c5cc6ccccc6c6ccccc56)cc4)c4ccccc4c32)cc1. The number of hydrogen-bond acceptors (Lipinski definition) is 0. The molecule has 1 heteroatoms. The quantitative estimate of drug-likeness (QED) is 0.195. The Morgan fingerprint density at radius 1 is 0.326 bits per heavy atom. The fourth-order valence-corrected chi connectivity index (χ4v) is 7.03. The molecule has 0 saturated carbocycles. The van der Waals surface area contributed by atoms with E-state index in [0.29, 0.717) is 0 Å². The Hall–Kier alpha value is -5.66. The first-order valence-electron chi connectivity index (χ1n) is 14.9. The third kappa shape index (κ3) is 3.65. The monoisotopic (exact) mass is 545 g/mol. The van der Waals surface area contributed by atoms with Gasteiger partial charge in [0.25, 0.3) is 0 Å². The molecule has 0 bridgehead atoms. The lowest BCUT2D eigenvalue weighted by atomic mass is 9.91. The molecule has 0 fully saturated rings. The maximum Gasteiger partial charge on any atom is 0.0619 e. The smallest absolute Gasteiger partial charge is 0.0619 e. The van der Waals surface area contributed by atoms with Gasteiger partial charge in [-0.1, -0.05) is 133 Å². The van der Waals surface area contributed by atoms with Gasteiger partial charge in [-0.3, -0.25) is 0 Å². The minimum Gasteiger partial charge on any atom is -0.309 e. The molecule has 0 aliphatic rings. The molecule has 9 aromatic rings. The van der Waals surface area contributed by atoms with Crippen molar-refractivity contribution in [3.63, 3.8) is 0 Å². The van der Waals surface area contributed by atoms with Crippen molar-refractivity contribution < 1.29 is 0 Å². The Morgan fingerprint density at radius 3 is 1.56 bits per heavy atom. The molecule has 0 saturated heterocycles. The number of nitrogens with zero attached hydrogens (tertiary/aromatic N) is 1. The number of rotatable bonds is 3. The van der Waals surface area contributed by atoms with Crippen LogP contribution in [0.4, 0.5) is 0 Å². The van der Waals surface area contributed by atoms with Crippen LogP contribution in [-0.4, -0.2) is 4.57 Å². The van der Waals surface area contributed by atoms with E-state index >= 15 is 0 Å². The Bertz CT molecular complexity index is 2480. The third-order valence-electron chi connectivity index (χ3n) is 8.96. The Labute approximate surface area is 249 Å². The molecule has 43 heavy (non-hydrogen) atoms. The van der Waals surface area contributed by atoms with Gasteiger partial charge in [-0.2, -0.15) is 0 Å². The predicted molar refractivity (Wildman–Crippen MR) is 184 cm³/mol. The maximum absolute atomic E-state index is 2.42. The molecule has 0 amide bonds. The molecule has 0 spiro atoms. The molecule has 1 heterocycles. The standard InChI is InChI=1S/C42H27N/c1-2-13-31(14-3-1)43-41-21-11-10-19-36(41)40-27-39(35-18-8-9-20-37(35)42(40)43)29-24-22-28(23-25-29)38-26-30-12-4-5-15-32(30)33-16-6-7-17-34(33)38/h1-27H. The fourth-order valence-electron chi connectivity index (χ4n) is 7.03. The lowest BCUT2D eigenvalue weighted by Crippen LogP contribution is -1.94. The van der Waals surface area contributed by atoms with Gasteiger partial charge in [0.1, 0.15) is 0 Å². The fraction of sp³-hybridized carbons (Fsp3) is 0. The van der Waals surface area contributed by atoms with Crippen LogP contribution in [0.3, 0.4) is 0 Å². The lowest BCUT2D eigenvalue weighted by Gasteiger charge is -2.14. The largest absolute Gasteiger partial charge is 0.309 e. The highest BCUT2D eigenvalue weighted by molar-refractivity contribution is 6.22. The number of aromatic nitrogens is 1. The zero-order chi connectivity index (χ0) is 28.3. The van der Waals surface area contributed by atoms with Crippen LogP contribution < -0.4 is 0 Å². The minimum absolute atomic E-state index is 1.18. The zero-order valence-corrected chi connectivity index (χ0v) is 23.5. The van der Waals surface area contributed by atoms with Gasteiger partial charge in [0.2, 0.25) is 0 Å². The lowest BCUT2D eigenvalue weighted by molar-refractivity contribution is 1.19. The van der Waals surface area contributed by atoms with Crippen LogP contribution in [0.25, 0.3) is 82.1 Å². The van der Waals surface area contributed by atoms with Crippen LogP contribution >= 0.6 is 0 Å². The van der Waals surface area contributed by atoms with Gasteiger partial charge in [-0.15, -0.1) is 0 Å². The van der Waals surface area contributed by atoms with Crippen LogP contribution in [0.2, 0.25) is 0 Å². The molecule has 1 nitrogen and oxygen atoms in total. The second-order valence-electron chi connectivity index (χ2n) is 11.3. The van der Waals surface area contributed by atoms with E-state index in [9.17, 15) is 0 Å². The molecule has 0 aliphatic carbocycles. The van der Waals surface area contributed by atoms with E-state index in [4.69, 9.17) is 0 Å². The minimum atomic E-state index is 1.18. The molecule has 8 aromatic carbocycles. The summed E-state index contributed by atoms with van der Waals surface area (Å²) in [7, 11) is 0. The maximum atomic E-state index is 2.42. The first-order valence-corrected chi connectivity index (χ1v) is 14.9. The topological polar surface area (TPSA) is 4.93 Å². The van der Waals surface area contributed by atoms with Gasteiger partial charge in [0.05, 0.1) is 11.0 Å². The van der Waals surface area contributed by atoms with Gasteiger partial charge in [0.15, 0.2) is 0 Å². The van der Waals surface area contributed by atoms with Gasteiger partial charge >= 0.3 is 0 Å². The zero-order valence-electron chi connectivity index (χ0n) is 23.5. The summed E-state index contributed by atoms with van der Waals surface area (Å²) in [6.07, 6.45) is 0. The number of benzene rings is 8. The van der Waals surface area contributed by atoms with Gasteiger partial charge in [0, 0.05) is 21.8 Å². The number of para-hydroxylation sites is 2. The number of fused-ring (bicyclic) bond motifs is 8. The van der Waals surface area contributed by atoms with Crippen LogP contribution in [0.1, 0.15) is 0 Å². The molecule has 0 unspecified atom stereocenters. The Morgan fingerprint density at radius 2 is 0.837 bits per heavy atom. The van der Waals surface area contributed by atoms with E-state index in [2.05, 4.69) is 168 Å². The van der Waals surface area contributed by atoms with E-state index in [1.807, 2.05) is 0 Å². The first kappa shape index (κ1) is 24.0. The summed E-state index contributed by atoms with van der Waals surface area (Å²) in [4.78, 5) is 0. The van der Waals surface area contributed by atoms with E-state index in [1.165, 1.54) is 82.1 Å². The van der Waals surface area contributed by atoms with E-state index < -0.39 is 0 Å². The first-order chi connectivity index (χ1) is 21.3. The highest BCUT2D eigenvalue weighted by Crippen LogP contribution is 2.42. The highest BCUT2D eigenvalue weighted by Gasteiger charge is 2.18. The van der Waals surface area contributed by atoms with Crippen molar-refractivity contribution in [2.75, 3.05) is 0 Å². The van der Waals surface area contributed by atoms with E-state index in [0.717, 1.165) is 0 Å². The molecule has 200 valence electrons. The summed E-state index contributed by atoms with van der Waals surface area (Å²) in [5.74, 6) is 0. The predicted octanol–water partition coefficient (Wildman–Crippen LogP) is 11.6. The van der Waals surface area contributed by atoms with Crippen molar-refractivity contribution in [3.8, 4) is 27.9 Å². The van der Waals surface area contributed by atoms with Crippen molar-refractivity contribution >= 4 is 54.1 Å². The van der Waals surface area contributed by atoms with Crippen molar-refractivity contribution in [3.05, 3.63) is 164 Å². The van der Waals surface area contributed by atoms with Crippen LogP contribution in [0, 0.1) is 0 Å². The van der Waals surface area contributed by atoms with E-state index in [-0.39, 0.29) is 0 Å². The molecule has 1 aromatic heterocycles. The normalized spacial score (nSPS) is 11.7. The molecular formula is C42H27N. The van der Waals surface area contributed by atoms with Gasteiger partial charge < -0.3 is 4.57 Å². The van der Waals surface area contributed by atoms with Crippen molar-refractivity contribution in [1.29, 1.82) is 0 Å². The van der Waals surface area contributed by atoms with Crippen molar-refractivity contribution in [2.45, 2.75) is 0 Å². The Kier molecular flexibility index (Phi) is 5.27. The summed E-state index contributed by atoms with van der Waals surface area (Å²) in [5, 5.41) is 10.2. The molecule has 0 radical (unpaired) electrons. The summed E-state index contributed by atoms with van der Waals surface area (Å²) in [6, 6.07) is 59.7. The van der Waals surface area contributed by atoms with Crippen LogP contribution in [0.5, 0.6) is 0 Å². The average molecular weight is 546 g/mol. The van der Waals surface area contributed by atoms with Gasteiger partial charge in [-0.25, -0.2) is 0 Å². The van der Waals surface area contributed by atoms with Crippen molar-refractivity contribution in [1.82, 2.24) is 4.57 Å².